The van der Waals surface area contributed by atoms with Crippen molar-refractivity contribution in [2.45, 2.75) is 49.1 Å². The third-order valence-corrected chi connectivity index (χ3v) is 9.98. The van der Waals surface area contributed by atoms with Gasteiger partial charge in [-0.25, -0.2) is 17.1 Å². The van der Waals surface area contributed by atoms with Crippen molar-refractivity contribution in [1.29, 1.82) is 0 Å². The average Bonchev–Trinajstić information content (AvgIpc) is 3.46. The zero-order valence-electron chi connectivity index (χ0n) is 20.1. The number of nitrogens with zero attached hydrogens (tertiary/aromatic N) is 3. The molecule has 2 saturated heterocycles. The van der Waals surface area contributed by atoms with Crippen LogP contribution in [0.4, 0.5) is 10.1 Å². The number of hydrogen-bond donors (Lipinski definition) is 0. The Morgan fingerprint density at radius 1 is 1.14 bits per heavy atom. The number of carbonyl (C=O) groups excluding carboxylic acids is 1. The van der Waals surface area contributed by atoms with E-state index in [1.54, 1.807) is 24.1 Å². The van der Waals surface area contributed by atoms with Gasteiger partial charge in [-0.15, -0.1) is 0 Å². The Hall–Kier alpha value is -2.36. The Morgan fingerprint density at radius 2 is 1.86 bits per heavy atom. The van der Waals surface area contributed by atoms with Gasteiger partial charge in [0.15, 0.2) is 0 Å². The van der Waals surface area contributed by atoms with Crippen LogP contribution in [-0.2, 0) is 16.4 Å². The number of fused-ring (bicyclic) bond motifs is 3. The Balaban J connectivity index is 1.30. The molecule has 3 heterocycles. The number of ether oxygens (including phenoxy) is 1. The predicted octanol–water partition coefficient (Wildman–Crippen LogP) is 3.94. The first-order chi connectivity index (χ1) is 17.2. The van der Waals surface area contributed by atoms with E-state index in [1.165, 1.54) is 16.4 Å². The molecular weight excluding hydrogens is 505 g/mol. The summed E-state index contributed by atoms with van der Waals surface area (Å²) in [5.41, 5.74) is 2.02. The fourth-order valence-electron chi connectivity index (χ4n) is 5.84. The van der Waals surface area contributed by atoms with Gasteiger partial charge in [0.05, 0.1) is 27.8 Å². The Labute approximate surface area is 215 Å². The second kappa shape index (κ2) is 8.89. The van der Waals surface area contributed by atoms with E-state index in [4.69, 9.17) is 16.3 Å². The highest BCUT2D eigenvalue weighted by molar-refractivity contribution is 7.89. The number of rotatable bonds is 6. The van der Waals surface area contributed by atoms with Crippen molar-refractivity contribution >= 4 is 33.2 Å². The number of piperazine rings is 1. The van der Waals surface area contributed by atoms with Crippen LogP contribution < -0.4 is 9.64 Å². The van der Waals surface area contributed by atoms with Crippen LogP contribution in [0.3, 0.4) is 0 Å². The Bertz CT molecular complexity index is 1320. The lowest BCUT2D eigenvalue weighted by Gasteiger charge is -2.43. The molecule has 2 aromatic carbocycles. The van der Waals surface area contributed by atoms with E-state index in [-0.39, 0.29) is 23.0 Å². The molecule has 4 aliphatic rings. The molecule has 1 amide bonds. The molecule has 3 fully saturated rings. The molecule has 0 N–H and O–H groups in total. The second-order valence-corrected chi connectivity index (χ2v) is 12.8. The van der Waals surface area contributed by atoms with E-state index < -0.39 is 15.8 Å². The molecule has 7 nitrogen and oxygen atoms in total. The molecule has 2 aromatic rings. The zero-order valence-corrected chi connectivity index (χ0v) is 21.7. The summed E-state index contributed by atoms with van der Waals surface area (Å²) in [6, 6.07) is 7.43. The number of hydrogen-bond acceptors (Lipinski definition) is 5. The summed E-state index contributed by atoms with van der Waals surface area (Å²) < 4.78 is 47.8. The van der Waals surface area contributed by atoms with Crippen molar-refractivity contribution in [3.8, 4) is 5.75 Å². The van der Waals surface area contributed by atoms with Crippen molar-refractivity contribution in [2.24, 2.45) is 5.92 Å². The van der Waals surface area contributed by atoms with Gasteiger partial charge in [-0.3, -0.25) is 4.79 Å². The van der Waals surface area contributed by atoms with Crippen LogP contribution in [0, 0.1) is 11.7 Å². The summed E-state index contributed by atoms with van der Waals surface area (Å²) >= 11 is 6.17. The number of amides is 1. The summed E-state index contributed by atoms with van der Waals surface area (Å²) in [6.07, 6.45) is 4.62. The molecule has 0 radical (unpaired) electrons. The van der Waals surface area contributed by atoms with Crippen molar-refractivity contribution in [3.63, 3.8) is 0 Å². The monoisotopic (exact) mass is 533 g/mol. The summed E-state index contributed by atoms with van der Waals surface area (Å²) in [5, 5.41) is 0.106. The minimum atomic E-state index is -3.62. The van der Waals surface area contributed by atoms with Crippen molar-refractivity contribution < 1.29 is 22.3 Å². The highest BCUT2D eigenvalue weighted by Gasteiger charge is 2.44. The number of halogens is 2. The summed E-state index contributed by atoms with van der Waals surface area (Å²) in [6.45, 7) is 2.04. The predicted molar refractivity (Wildman–Crippen MR) is 135 cm³/mol. The fraction of sp³-hybridized carbons (Fsp3) is 0.500. The lowest BCUT2D eigenvalue weighted by molar-refractivity contribution is 0.0718. The summed E-state index contributed by atoms with van der Waals surface area (Å²) in [7, 11) is -1.96. The molecule has 2 atom stereocenters. The van der Waals surface area contributed by atoms with Gasteiger partial charge >= 0.3 is 0 Å². The highest BCUT2D eigenvalue weighted by Crippen LogP contribution is 2.45. The van der Waals surface area contributed by atoms with E-state index in [0.717, 1.165) is 48.8 Å². The molecule has 1 saturated carbocycles. The van der Waals surface area contributed by atoms with Gasteiger partial charge in [0.2, 0.25) is 10.0 Å². The maximum Gasteiger partial charge on any atom is 0.255 e. The third kappa shape index (κ3) is 4.15. The summed E-state index contributed by atoms with van der Waals surface area (Å²) in [5.74, 6) is 0.527. The van der Waals surface area contributed by atoms with E-state index >= 15 is 0 Å². The molecule has 36 heavy (non-hydrogen) atoms. The van der Waals surface area contributed by atoms with E-state index in [9.17, 15) is 17.6 Å². The standard InChI is InChI=1S/C26H29ClFN3O4S/c1-29(13-16-2-3-16)36(33,34)21-10-17-8-9-35-25(17)24(12-21)31-19-5-6-20(31)15-30(14-19)26(32)22-7-4-18(28)11-23(22)27/h4,7,10-12,16,19-20H,2-3,5-6,8-9,13-15H2,1H3/t19-,20+. The van der Waals surface area contributed by atoms with Crippen molar-refractivity contribution in [2.75, 3.05) is 38.2 Å². The fourth-order valence-corrected chi connectivity index (χ4v) is 7.40. The smallest absolute Gasteiger partial charge is 0.255 e. The Morgan fingerprint density at radius 3 is 2.53 bits per heavy atom. The van der Waals surface area contributed by atoms with Crippen molar-refractivity contribution in [1.82, 2.24) is 9.21 Å². The maximum atomic E-state index is 13.5. The number of benzene rings is 2. The first kappa shape index (κ1) is 24.0. The van der Waals surface area contributed by atoms with Crippen LogP contribution in [0.15, 0.2) is 35.2 Å². The molecular formula is C26H29ClFN3O4S. The number of likely N-dealkylation sites (tertiary alicyclic amines) is 1. The molecule has 0 spiro atoms. The Kier molecular flexibility index (Phi) is 5.92. The van der Waals surface area contributed by atoms with Crippen LogP contribution in [-0.4, -0.2) is 68.9 Å². The van der Waals surface area contributed by atoms with Gasteiger partial charge in [-0.1, -0.05) is 11.6 Å². The maximum absolute atomic E-state index is 13.5. The zero-order chi connectivity index (χ0) is 25.2. The van der Waals surface area contributed by atoms with E-state index in [0.29, 0.717) is 49.0 Å². The minimum Gasteiger partial charge on any atom is -0.491 e. The van der Waals surface area contributed by atoms with E-state index in [2.05, 4.69) is 4.90 Å². The number of carbonyl (C=O) groups is 1. The van der Waals surface area contributed by atoms with Crippen LogP contribution in [0.5, 0.6) is 5.75 Å². The van der Waals surface area contributed by atoms with Crippen LogP contribution in [0.2, 0.25) is 5.02 Å². The third-order valence-electron chi connectivity index (χ3n) is 7.87. The van der Waals surface area contributed by atoms with Gasteiger partial charge in [-0.2, -0.15) is 0 Å². The number of sulfonamides is 1. The first-order valence-corrected chi connectivity index (χ1v) is 14.3. The van der Waals surface area contributed by atoms with Gasteiger partial charge in [0.1, 0.15) is 11.6 Å². The lowest BCUT2D eigenvalue weighted by Crippen LogP contribution is -2.55. The molecule has 2 bridgehead atoms. The topological polar surface area (TPSA) is 70.2 Å². The van der Waals surface area contributed by atoms with Crippen LogP contribution >= 0.6 is 11.6 Å². The summed E-state index contributed by atoms with van der Waals surface area (Å²) in [4.78, 5) is 17.6. The molecule has 3 aliphatic heterocycles. The second-order valence-electron chi connectivity index (χ2n) is 10.4. The quantitative estimate of drug-likeness (QED) is 0.562. The van der Waals surface area contributed by atoms with Gasteiger partial charge in [0, 0.05) is 50.7 Å². The van der Waals surface area contributed by atoms with Crippen molar-refractivity contribution in [3.05, 3.63) is 52.3 Å². The minimum absolute atomic E-state index is 0.0300. The number of anilines is 1. The average molecular weight is 534 g/mol. The van der Waals surface area contributed by atoms with Gasteiger partial charge in [-0.05, 0) is 61.9 Å². The first-order valence-electron chi connectivity index (χ1n) is 12.5. The molecule has 0 aromatic heterocycles. The lowest BCUT2D eigenvalue weighted by atomic mass is 10.1. The van der Waals surface area contributed by atoms with E-state index in [1.807, 2.05) is 0 Å². The van der Waals surface area contributed by atoms with Gasteiger partial charge in [0.25, 0.3) is 5.91 Å². The highest BCUT2D eigenvalue weighted by atomic mass is 35.5. The molecule has 0 unspecified atom stereocenters. The molecule has 1 aliphatic carbocycles. The normalized spacial score (nSPS) is 23.2. The van der Waals surface area contributed by atoms with Crippen LogP contribution in [0.25, 0.3) is 0 Å². The SMILES string of the molecule is CN(CC1CC1)S(=O)(=O)c1cc2c(c(N3[C@@H]4CC[C@H]3CN(C(=O)c3ccc(F)cc3Cl)C4)c1)OCC2. The molecule has 10 heteroatoms. The van der Waals surface area contributed by atoms with Gasteiger partial charge < -0.3 is 14.5 Å². The largest absolute Gasteiger partial charge is 0.491 e. The van der Waals surface area contributed by atoms with Crippen LogP contribution in [0.1, 0.15) is 41.6 Å². The molecule has 6 rings (SSSR count). The molecule has 192 valence electrons.